The maximum absolute atomic E-state index is 6.36. The van der Waals surface area contributed by atoms with E-state index >= 15 is 0 Å². The minimum absolute atomic E-state index is 0.488. The molecule has 1 N–H and O–H groups in total. The van der Waals surface area contributed by atoms with Crippen LogP contribution in [0.5, 0.6) is 5.75 Å². The first kappa shape index (κ1) is 16.2. The summed E-state index contributed by atoms with van der Waals surface area (Å²) in [5.74, 6) is 1.44. The van der Waals surface area contributed by atoms with Gasteiger partial charge in [0.1, 0.15) is 5.75 Å². The van der Waals surface area contributed by atoms with Crippen LogP contribution in [0.1, 0.15) is 25.7 Å². The lowest BCUT2D eigenvalue weighted by Gasteiger charge is -2.14. The van der Waals surface area contributed by atoms with E-state index in [1.165, 1.54) is 25.7 Å². The van der Waals surface area contributed by atoms with Crippen molar-refractivity contribution in [3.05, 3.63) is 47.6 Å². The third-order valence-electron chi connectivity index (χ3n) is 4.75. The van der Waals surface area contributed by atoms with E-state index in [0.29, 0.717) is 17.0 Å². The van der Waals surface area contributed by atoms with Crippen molar-refractivity contribution in [2.75, 3.05) is 12.4 Å². The fraction of sp³-hybridized carbons (Fsp3) is 0.300. The van der Waals surface area contributed by atoms with Gasteiger partial charge in [0.05, 0.1) is 12.6 Å². The molecule has 2 aromatic carbocycles. The summed E-state index contributed by atoms with van der Waals surface area (Å²) in [6, 6.07) is 12.2. The van der Waals surface area contributed by atoms with Gasteiger partial charge in [-0.3, -0.25) is 0 Å². The van der Waals surface area contributed by atoms with Crippen LogP contribution in [0.4, 0.5) is 5.95 Å². The van der Waals surface area contributed by atoms with Gasteiger partial charge in [-0.15, -0.1) is 0 Å². The molecule has 1 heterocycles. The Bertz CT molecular complexity index is 907. The molecular formula is C20H20ClN3O. The van der Waals surface area contributed by atoms with E-state index in [4.69, 9.17) is 16.3 Å². The Morgan fingerprint density at radius 3 is 2.68 bits per heavy atom. The van der Waals surface area contributed by atoms with Crippen molar-refractivity contribution >= 4 is 28.5 Å². The van der Waals surface area contributed by atoms with Crippen molar-refractivity contribution in [2.24, 2.45) is 0 Å². The number of aromatic nitrogens is 2. The second-order valence-corrected chi connectivity index (χ2v) is 6.82. The predicted molar refractivity (Wildman–Crippen MR) is 102 cm³/mol. The zero-order chi connectivity index (χ0) is 17.2. The maximum atomic E-state index is 6.36. The van der Waals surface area contributed by atoms with Gasteiger partial charge in [0.25, 0.3) is 0 Å². The summed E-state index contributed by atoms with van der Waals surface area (Å²) in [7, 11) is 1.67. The zero-order valence-electron chi connectivity index (χ0n) is 14.1. The highest BCUT2D eigenvalue weighted by molar-refractivity contribution is 6.33. The molecule has 5 heteroatoms. The third kappa shape index (κ3) is 3.27. The van der Waals surface area contributed by atoms with Crippen LogP contribution in [0, 0.1) is 0 Å². The molecule has 0 bridgehead atoms. The van der Waals surface area contributed by atoms with Gasteiger partial charge in [-0.25, -0.2) is 9.97 Å². The summed E-state index contributed by atoms with van der Waals surface area (Å²) in [6.45, 7) is 0. The number of halogens is 1. The first-order valence-corrected chi connectivity index (χ1v) is 8.98. The molecule has 0 atom stereocenters. The molecule has 4 nitrogen and oxygen atoms in total. The number of rotatable bonds is 4. The van der Waals surface area contributed by atoms with Gasteiger partial charge >= 0.3 is 0 Å². The Balaban J connectivity index is 1.75. The standard InChI is InChI=1S/C20H20ClN3O/c1-25-19-11-18-13(10-16(19)15-8-4-5-9-17(15)21)12-22-20(24-18)23-14-6-2-3-7-14/h4-5,8-12,14H,2-3,6-7H2,1H3,(H,22,23,24). The number of nitrogens with zero attached hydrogens (tertiary/aromatic N) is 2. The highest BCUT2D eigenvalue weighted by Crippen LogP contribution is 2.37. The van der Waals surface area contributed by atoms with Gasteiger partial charge in [-0.2, -0.15) is 0 Å². The summed E-state index contributed by atoms with van der Waals surface area (Å²) in [6.07, 6.45) is 6.80. The largest absolute Gasteiger partial charge is 0.496 e. The molecule has 0 spiro atoms. The van der Waals surface area contributed by atoms with Crippen LogP contribution >= 0.6 is 11.6 Å². The van der Waals surface area contributed by atoms with Crippen LogP contribution < -0.4 is 10.1 Å². The molecule has 4 rings (SSSR count). The number of methoxy groups -OCH3 is 1. The van der Waals surface area contributed by atoms with Gasteiger partial charge in [-0.1, -0.05) is 42.6 Å². The Morgan fingerprint density at radius 2 is 1.92 bits per heavy atom. The zero-order valence-corrected chi connectivity index (χ0v) is 14.9. The van der Waals surface area contributed by atoms with E-state index in [2.05, 4.69) is 15.3 Å². The lowest BCUT2D eigenvalue weighted by Crippen LogP contribution is -2.16. The lowest BCUT2D eigenvalue weighted by molar-refractivity contribution is 0.417. The van der Waals surface area contributed by atoms with Crippen molar-refractivity contribution in [3.63, 3.8) is 0 Å². The second-order valence-electron chi connectivity index (χ2n) is 6.41. The summed E-state index contributed by atoms with van der Waals surface area (Å²) in [4.78, 5) is 9.16. The maximum Gasteiger partial charge on any atom is 0.223 e. The molecular weight excluding hydrogens is 334 g/mol. The van der Waals surface area contributed by atoms with E-state index in [1.807, 2.05) is 42.6 Å². The van der Waals surface area contributed by atoms with Crippen LogP contribution in [0.3, 0.4) is 0 Å². The van der Waals surface area contributed by atoms with Crippen LogP contribution in [0.25, 0.3) is 22.0 Å². The molecule has 0 amide bonds. The average Bonchev–Trinajstić information content (AvgIpc) is 3.14. The fourth-order valence-electron chi connectivity index (χ4n) is 3.44. The van der Waals surface area contributed by atoms with E-state index in [0.717, 1.165) is 27.8 Å². The van der Waals surface area contributed by atoms with Crippen LogP contribution in [0.2, 0.25) is 5.02 Å². The normalized spacial score (nSPS) is 14.8. The molecule has 0 radical (unpaired) electrons. The van der Waals surface area contributed by atoms with Crippen molar-refractivity contribution in [2.45, 2.75) is 31.7 Å². The summed E-state index contributed by atoms with van der Waals surface area (Å²) < 4.78 is 5.60. The first-order chi connectivity index (χ1) is 12.2. The molecule has 0 aliphatic heterocycles. The van der Waals surface area contributed by atoms with E-state index in [9.17, 15) is 0 Å². The minimum Gasteiger partial charge on any atom is -0.496 e. The molecule has 0 saturated heterocycles. The van der Waals surface area contributed by atoms with Crippen molar-refractivity contribution in [1.29, 1.82) is 0 Å². The molecule has 1 fully saturated rings. The smallest absolute Gasteiger partial charge is 0.223 e. The van der Waals surface area contributed by atoms with Crippen molar-refractivity contribution in [1.82, 2.24) is 9.97 Å². The van der Waals surface area contributed by atoms with E-state index in [1.54, 1.807) is 7.11 Å². The Morgan fingerprint density at radius 1 is 1.12 bits per heavy atom. The average molecular weight is 354 g/mol. The number of anilines is 1. The predicted octanol–water partition coefficient (Wildman–Crippen LogP) is 5.31. The quantitative estimate of drug-likeness (QED) is 0.690. The number of ether oxygens (including phenoxy) is 1. The number of hydrogen-bond acceptors (Lipinski definition) is 4. The van der Waals surface area contributed by atoms with E-state index in [-0.39, 0.29) is 0 Å². The third-order valence-corrected chi connectivity index (χ3v) is 5.08. The molecule has 1 aliphatic carbocycles. The highest BCUT2D eigenvalue weighted by Gasteiger charge is 2.16. The Kier molecular flexibility index (Phi) is 4.45. The van der Waals surface area contributed by atoms with Gasteiger partial charge in [-0.05, 0) is 25.0 Å². The molecule has 128 valence electrons. The first-order valence-electron chi connectivity index (χ1n) is 8.61. The van der Waals surface area contributed by atoms with Gasteiger partial charge in [0.15, 0.2) is 0 Å². The number of fused-ring (bicyclic) bond motifs is 1. The van der Waals surface area contributed by atoms with Crippen LogP contribution in [-0.2, 0) is 0 Å². The molecule has 25 heavy (non-hydrogen) atoms. The Hall–Kier alpha value is -2.33. The van der Waals surface area contributed by atoms with Gasteiger partial charge in [0, 0.05) is 39.8 Å². The summed E-state index contributed by atoms with van der Waals surface area (Å²) in [5, 5.41) is 5.10. The highest BCUT2D eigenvalue weighted by atomic mass is 35.5. The topological polar surface area (TPSA) is 47.0 Å². The number of nitrogens with one attached hydrogen (secondary N) is 1. The van der Waals surface area contributed by atoms with Crippen molar-refractivity contribution < 1.29 is 4.74 Å². The Labute approximate surface area is 152 Å². The van der Waals surface area contributed by atoms with Gasteiger partial charge in [0.2, 0.25) is 5.95 Å². The number of benzene rings is 2. The molecule has 1 aliphatic rings. The molecule has 1 saturated carbocycles. The summed E-state index contributed by atoms with van der Waals surface area (Å²) >= 11 is 6.36. The molecule has 1 aromatic heterocycles. The molecule has 3 aromatic rings. The van der Waals surface area contributed by atoms with E-state index < -0.39 is 0 Å². The van der Waals surface area contributed by atoms with Crippen LogP contribution in [-0.4, -0.2) is 23.1 Å². The van der Waals surface area contributed by atoms with Crippen LogP contribution in [0.15, 0.2) is 42.6 Å². The fourth-order valence-corrected chi connectivity index (χ4v) is 3.68. The monoisotopic (exact) mass is 353 g/mol. The summed E-state index contributed by atoms with van der Waals surface area (Å²) in [5.41, 5.74) is 2.75. The minimum atomic E-state index is 0.488. The SMILES string of the molecule is COc1cc2nc(NC3CCCC3)ncc2cc1-c1ccccc1Cl. The lowest BCUT2D eigenvalue weighted by atomic mass is 10.0. The number of hydrogen-bond donors (Lipinski definition) is 1. The second kappa shape index (κ2) is 6.89. The molecule has 0 unspecified atom stereocenters. The van der Waals surface area contributed by atoms with Gasteiger partial charge < -0.3 is 10.1 Å². The van der Waals surface area contributed by atoms with Crippen molar-refractivity contribution in [3.8, 4) is 16.9 Å².